The Bertz CT molecular complexity index is 349. The SMILES string of the molecule is Cc1ccc(OCCCCNC(=O)CCN)cc1. The number of benzene rings is 1. The number of aryl methyl sites for hydroxylation is 1. The molecule has 0 fully saturated rings. The van der Waals surface area contributed by atoms with Gasteiger partial charge in [0, 0.05) is 19.5 Å². The molecule has 0 radical (unpaired) electrons. The van der Waals surface area contributed by atoms with Crippen LogP contribution in [-0.2, 0) is 4.79 Å². The van der Waals surface area contributed by atoms with Crippen molar-refractivity contribution in [3.8, 4) is 5.75 Å². The molecule has 100 valence electrons. The molecule has 0 aromatic heterocycles. The molecule has 4 heteroatoms. The number of nitrogens with two attached hydrogens (primary N) is 1. The van der Waals surface area contributed by atoms with Gasteiger partial charge in [0.1, 0.15) is 5.75 Å². The summed E-state index contributed by atoms with van der Waals surface area (Å²) in [7, 11) is 0. The van der Waals surface area contributed by atoms with E-state index in [4.69, 9.17) is 10.5 Å². The molecule has 0 saturated carbocycles. The monoisotopic (exact) mass is 250 g/mol. The van der Waals surface area contributed by atoms with E-state index in [9.17, 15) is 4.79 Å². The first-order valence-electron chi connectivity index (χ1n) is 6.38. The third-order valence-corrected chi connectivity index (χ3v) is 2.55. The van der Waals surface area contributed by atoms with Gasteiger partial charge in [-0.2, -0.15) is 0 Å². The number of carbonyl (C=O) groups is 1. The van der Waals surface area contributed by atoms with Gasteiger partial charge in [0.25, 0.3) is 0 Å². The average Bonchev–Trinajstić information content (AvgIpc) is 2.36. The summed E-state index contributed by atoms with van der Waals surface area (Å²) in [5.74, 6) is 0.921. The lowest BCUT2D eigenvalue weighted by atomic mass is 10.2. The molecule has 0 spiro atoms. The largest absolute Gasteiger partial charge is 0.494 e. The highest BCUT2D eigenvalue weighted by Crippen LogP contribution is 2.11. The minimum atomic E-state index is 0.0250. The van der Waals surface area contributed by atoms with Crippen molar-refractivity contribution in [2.45, 2.75) is 26.2 Å². The van der Waals surface area contributed by atoms with E-state index in [1.807, 2.05) is 31.2 Å². The summed E-state index contributed by atoms with van der Waals surface area (Å²) in [6.07, 6.45) is 2.25. The van der Waals surface area contributed by atoms with Crippen molar-refractivity contribution in [3.63, 3.8) is 0 Å². The summed E-state index contributed by atoms with van der Waals surface area (Å²) in [5.41, 5.74) is 6.50. The number of unbranched alkanes of at least 4 members (excludes halogenated alkanes) is 1. The van der Waals surface area contributed by atoms with E-state index in [-0.39, 0.29) is 5.91 Å². The standard InChI is InChI=1S/C14H22N2O2/c1-12-4-6-13(7-5-12)18-11-3-2-10-16-14(17)8-9-15/h4-7H,2-3,8-11,15H2,1H3,(H,16,17). The molecule has 18 heavy (non-hydrogen) atoms. The second-order valence-electron chi connectivity index (χ2n) is 4.26. The molecule has 0 atom stereocenters. The quantitative estimate of drug-likeness (QED) is 0.689. The lowest BCUT2D eigenvalue weighted by Crippen LogP contribution is -2.26. The van der Waals surface area contributed by atoms with Crippen LogP contribution in [0.25, 0.3) is 0 Å². The van der Waals surface area contributed by atoms with Gasteiger partial charge in [-0.1, -0.05) is 17.7 Å². The van der Waals surface area contributed by atoms with E-state index >= 15 is 0 Å². The number of ether oxygens (including phenoxy) is 1. The van der Waals surface area contributed by atoms with Crippen molar-refractivity contribution in [1.82, 2.24) is 5.32 Å². The van der Waals surface area contributed by atoms with E-state index in [1.165, 1.54) is 5.56 Å². The minimum absolute atomic E-state index is 0.0250. The molecule has 1 amide bonds. The molecule has 0 unspecified atom stereocenters. The Morgan fingerprint density at radius 1 is 1.28 bits per heavy atom. The maximum absolute atomic E-state index is 11.1. The summed E-state index contributed by atoms with van der Waals surface area (Å²) in [6, 6.07) is 8.00. The smallest absolute Gasteiger partial charge is 0.221 e. The van der Waals surface area contributed by atoms with Gasteiger partial charge in [0.15, 0.2) is 0 Å². The third-order valence-electron chi connectivity index (χ3n) is 2.55. The molecule has 1 aromatic rings. The Kier molecular flexibility index (Phi) is 6.87. The zero-order chi connectivity index (χ0) is 13.2. The lowest BCUT2D eigenvalue weighted by molar-refractivity contribution is -0.120. The van der Waals surface area contributed by atoms with Crippen LogP contribution in [0, 0.1) is 6.92 Å². The van der Waals surface area contributed by atoms with Crippen LogP contribution in [0.1, 0.15) is 24.8 Å². The molecule has 0 aliphatic carbocycles. The number of rotatable bonds is 8. The van der Waals surface area contributed by atoms with Crippen LogP contribution < -0.4 is 15.8 Å². The number of hydrogen-bond acceptors (Lipinski definition) is 3. The van der Waals surface area contributed by atoms with Gasteiger partial charge in [0.2, 0.25) is 5.91 Å². The van der Waals surface area contributed by atoms with E-state index in [0.29, 0.717) is 26.1 Å². The predicted octanol–water partition coefficient (Wildman–Crippen LogP) is 1.62. The maximum Gasteiger partial charge on any atom is 0.221 e. The van der Waals surface area contributed by atoms with Crippen LogP contribution in [-0.4, -0.2) is 25.6 Å². The van der Waals surface area contributed by atoms with Gasteiger partial charge < -0.3 is 15.8 Å². The van der Waals surface area contributed by atoms with Crippen molar-refractivity contribution >= 4 is 5.91 Å². The zero-order valence-electron chi connectivity index (χ0n) is 10.9. The van der Waals surface area contributed by atoms with Crippen LogP contribution in [0.2, 0.25) is 0 Å². The second kappa shape index (κ2) is 8.53. The van der Waals surface area contributed by atoms with Crippen molar-refractivity contribution in [1.29, 1.82) is 0 Å². The predicted molar refractivity (Wildman–Crippen MR) is 72.6 cm³/mol. The van der Waals surface area contributed by atoms with E-state index in [1.54, 1.807) is 0 Å². The van der Waals surface area contributed by atoms with Gasteiger partial charge in [-0.05, 0) is 31.9 Å². The Hall–Kier alpha value is -1.55. The molecule has 3 N–H and O–H groups in total. The average molecular weight is 250 g/mol. The van der Waals surface area contributed by atoms with Gasteiger partial charge in [-0.15, -0.1) is 0 Å². The van der Waals surface area contributed by atoms with Crippen molar-refractivity contribution in [2.24, 2.45) is 5.73 Å². The van der Waals surface area contributed by atoms with Gasteiger partial charge >= 0.3 is 0 Å². The molecular formula is C14H22N2O2. The van der Waals surface area contributed by atoms with Crippen molar-refractivity contribution < 1.29 is 9.53 Å². The summed E-state index contributed by atoms with van der Waals surface area (Å²) in [4.78, 5) is 11.1. The second-order valence-corrected chi connectivity index (χ2v) is 4.26. The molecule has 0 bridgehead atoms. The van der Waals surface area contributed by atoms with Crippen molar-refractivity contribution in [3.05, 3.63) is 29.8 Å². The maximum atomic E-state index is 11.1. The van der Waals surface area contributed by atoms with Gasteiger partial charge in [-0.25, -0.2) is 0 Å². The molecule has 1 rings (SSSR count). The Balaban J connectivity index is 2.02. The topological polar surface area (TPSA) is 64.3 Å². The fourth-order valence-electron chi connectivity index (χ4n) is 1.50. The van der Waals surface area contributed by atoms with E-state index in [0.717, 1.165) is 18.6 Å². The van der Waals surface area contributed by atoms with Gasteiger partial charge in [-0.3, -0.25) is 4.79 Å². The molecule has 0 heterocycles. The normalized spacial score (nSPS) is 10.1. The van der Waals surface area contributed by atoms with E-state index < -0.39 is 0 Å². The molecule has 0 saturated heterocycles. The van der Waals surface area contributed by atoms with Gasteiger partial charge in [0.05, 0.1) is 6.61 Å². The zero-order valence-corrected chi connectivity index (χ0v) is 10.9. The first-order valence-corrected chi connectivity index (χ1v) is 6.38. The Morgan fingerprint density at radius 2 is 2.00 bits per heavy atom. The molecule has 0 aliphatic rings. The van der Waals surface area contributed by atoms with E-state index in [2.05, 4.69) is 5.32 Å². The van der Waals surface area contributed by atoms with Crippen LogP contribution in [0.3, 0.4) is 0 Å². The minimum Gasteiger partial charge on any atom is -0.494 e. The molecule has 4 nitrogen and oxygen atoms in total. The summed E-state index contributed by atoms with van der Waals surface area (Å²) in [6.45, 7) is 3.82. The number of amides is 1. The molecule has 0 aliphatic heterocycles. The summed E-state index contributed by atoms with van der Waals surface area (Å²) in [5, 5.41) is 2.82. The highest BCUT2D eigenvalue weighted by molar-refractivity contribution is 5.75. The van der Waals surface area contributed by atoms with Crippen LogP contribution in [0.5, 0.6) is 5.75 Å². The summed E-state index contributed by atoms with van der Waals surface area (Å²) >= 11 is 0. The van der Waals surface area contributed by atoms with Crippen LogP contribution >= 0.6 is 0 Å². The van der Waals surface area contributed by atoms with Crippen LogP contribution in [0.15, 0.2) is 24.3 Å². The molecule has 1 aromatic carbocycles. The van der Waals surface area contributed by atoms with Crippen molar-refractivity contribution in [2.75, 3.05) is 19.7 Å². The number of hydrogen-bond donors (Lipinski definition) is 2. The molecular weight excluding hydrogens is 228 g/mol. The first-order chi connectivity index (χ1) is 8.72. The number of nitrogens with one attached hydrogen (secondary N) is 1. The number of carbonyl (C=O) groups excluding carboxylic acids is 1. The highest BCUT2D eigenvalue weighted by Gasteiger charge is 1.98. The fourth-order valence-corrected chi connectivity index (χ4v) is 1.50. The summed E-state index contributed by atoms with van der Waals surface area (Å²) < 4.78 is 5.58. The lowest BCUT2D eigenvalue weighted by Gasteiger charge is -2.07. The third kappa shape index (κ3) is 6.25. The fraction of sp³-hybridized carbons (Fsp3) is 0.500. The van der Waals surface area contributed by atoms with Crippen LogP contribution in [0.4, 0.5) is 0 Å². The Morgan fingerprint density at radius 3 is 2.67 bits per heavy atom. The highest BCUT2D eigenvalue weighted by atomic mass is 16.5. The Labute approximate surface area is 109 Å². The first kappa shape index (κ1) is 14.5.